The van der Waals surface area contributed by atoms with E-state index in [1.54, 1.807) is 0 Å². The number of hydrogen-bond acceptors (Lipinski definition) is 5. The summed E-state index contributed by atoms with van der Waals surface area (Å²) in [4.78, 5) is 9.83. The average Bonchev–Trinajstić information content (AvgIpc) is 2.40. The molecule has 0 bridgehead atoms. The molecule has 1 aromatic rings. The molecule has 0 amide bonds. The summed E-state index contributed by atoms with van der Waals surface area (Å²) in [5.74, 6) is 0. The SMILES string of the molecule is NC1CCCCC1NS(=O)(=O)c1ccc([N+](=O)[O-])cc1Cl. The number of nitrogens with one attached hydrogen (secondary N) is 1. The van der Waals surface area contributed by atoms with Crippen LogP contribution in [0, 0.1) is 10.1 Å². The van der Waals surface area contributed by atoms with Crippen molar-refractivity contribution in [3.05, 3.63) is 33.3 Å². The second kappa shape index (κ2) is 6.27. The van der Waals surface area contributed by atoms with E-state index >= 15 is 0 Å². The highest BCUT2D eigenvalue weighted by Gasteiger charge is 2.28. The third-order valence-corrected chi connectivity index (χ3v) is 5.51. The fourth-order valence-corrected chi connectivity index (χ4v) is 4.25. The molecule has 2 atom stereocenters. The van der Waals surface area contributed by atoms with E-state index in [4.69, 9.17) is 17.3 Å². The summed E-state index contributed by atoms with van der Waals surface area (Å²) in [6.45, 7) is 0. The molecule has 21 heavy (non-hydrogen) atoms. The van der Waals surface area contributed by atoms with Gasteiger partial charge in [-0.3, -0.25) is 10.1 Å². The Kier molecular flexibility index (Phi) is 4.82. The van der Waals surface area contributed by atoms with E-state index in [-0.39, 0.29) is 27.7 Å². The quantitative estimate of drug-likeness (QED) is 0.643. The molecule has 3 N–H and O–H groups in total. The molecule has 1 aliphatic carbocycles. The molecular formula is C12H16ClN3O4S. The Hall–Kier alpha value is -1.22. The van der Waals surface area contributed by atoms with Crippen molar-refractivity contribution in [3.63, 3.8) is 0 Å². The summed E-state index contributed by atoms with van der Waals surface area (Å²) >= 11 is 5.86. The lowest BCUT2D eigenvalue weighted by molar-refractivity contribution is -0.384. The van der Waals surface area contributed by atoms with Gasteiger partial charge in [-0.05, 0) is 18.9 Å². The Morgan fingerprint density at radius 2 is 2.00 bits per heavy atom. The molecule has 116 valence electrons. The molecule has 1 aromatic carbocycles. The van der Waals surface area contributed by atoms with Crippen molar-refractivity contribution in [3.8, 4) is 0 Å². The molecular weight excluding hydrogens is 318 g/mol. The van der Waals surface area contributed by atoms with Gasteiger partial charge in [-0.2, -0.15) is 0 Å². The Balaban J connectivity index is 2.25. The molecule has 0 aromatic heterocycles. The first-order valence-electron chi connectivity index (χ1n) is 6.53. The smallest absolute Gasteiger partial charge is 0.271 e. The van der Waals surface area contributed by atoms with Crippen LogP contribution in [0.3, 0.4) is 0 Å². The zero-order valence-corrected chi connectivity index (χ0v) is 12.7. The number of non-ortho nitro benzene ring substituents is 1. The molecule has 2 unspecified atom stereocenters. The van der Waals surface area contributed by atoms with Crippen molar-refractivity contribution >= 4 is 27.3 Å². The van der Waals surface area contributed by atoms with Crippen molar-refractivity contribution in [1.29, 1.82) is 0 Å². The van der Waals surface area contributed by atoms with E-state index in [1.165, 1.54) is 0 Å². The molecule has 0 radical (unpaired) electrons. The second-order valence-corrected chi connectivity index (χ2v) is 7.14. The second-order valence-electron chi connectivity index (χ2n) is 5.05. The Morgan fingerprint density at radius 1 is 1.33 bits per heavy atom. The van der Waals surface area contributed by atoms with Gasteiger partial charge in [-0.15, -0.1) is 0 Å². The fourth-order valence-electron chi connectivity index (χ4n) is 2.39. The summed E-state index contributed by atoms with van der Waals surface area (Å²) in [5, 5.41) is 10.5. The van der Waals surface area contributed by atoms with Gasteiger partial charge in [0.1, 0.15) is 4.90 Å². The normalized spacial score (nSPS) is 23.0. The number of halogens is 1. The number of hydrogen-bond donors (Lipinski definition) is 2. The van der Waals surface area contributed by atoms with Crippen molar-refractivity contribution in [1.82, 2.24) is 4.72 Å². The number of nitrogens with two attached hydrogens (primary N) is 1. The number of benzene rings is 1. The Bertz CT molecular complexity index is 650. The molecule has 0 heterocycles. The van der Waals surface area contributed by atoms with Crippen LogP contribution >= 0.6 is 11.6 Å². The highest BCUT2D eigenvalue weighted by atomic mass is 35.5. The molecule has 0 aliphatic heterocycles. The van der Waals surface area contributed by atoms with Gasteiger partial charge in [0, 0.05) is 24.2 Å². The molecule has 0 saturated heterocycles. The third kappa shape index (κ3) is 3.70. The van der Waals surface area contributed by atoms with Gasteiger partial charge >= 0.3 is 0 Å². The number of nitrogens with zero attached hydrogens (tertiary/aromatic N) is 1. The predicted octanol–water partition coefficient (Wildman–Crippen LogP) is 1.80. The minimum Gasteiger partial charge on any atom is -0.326 e. The monoisotopic (exact) mass is 333 g/mol. The van der Waals surface area contributed by atoms with Crippen LogP contribution in [0.5, 0.6) is 0 Å². The van der Waals surface area contributed by atoms with Gasteiger partial charge < -0.3 is 5.73 Å². The van der Waals surface area contributed by atoms with Gasteiger partial charge in [0.15, 0.2) is 0 Å². The van der Waals surface area contributed by atoms with E-state index in [9.17, 15) is 18.5 Å². The van der Waals surface area contributed by atoms with Crippen LogP contribution in [0.15, 0.2) is 23.1 Å². The van der Waals surface area contributed by atoms with Crippen molar-refractivity contribution in [2.75, 3.05) is 0 Å². The van der Waals surface area contributed by atoms with Gasteiger partial charge in [0.05, 0.1) is 9.95 Å². The van der Waals surface area contributed by atoms with Crippen LogP contribution in [-0.2, 0) is 10.0 Å². The molecule has 2 rings (SSSR count). The maximum atomic E-state index is 12.3. The van der Waals surface area contributed by atoms with E-state index < -0.39 is 14.9 Å². The topological polar surface area (TPSA) is 115 Å². The molecule has 1 aliphatic rings. The van der Waals surface area contributed by atoms with E-state index in [2.05, 4.69) is 4.72 Å². The van der Waals surface area contributed by atoms with Crippen LogP contribution in [0.1, 0.15) is 25.7 Å². The first kappa shape index (κ1) is 16.2. The van der Waals surface area contributed by atoms with Gasteiger partial charge in [-0.1, -0.05) is 24.4 Å². The molecule has 9 heteroatoms. The average molecular weight is 334 g/mol. The van der Waals surface area contributed by atoms with Crippen molar-refractivity contribution < 1.29 is 13.3 Å². The summed E-state index contributed by atoms with van der Waals surface area (Å²) < 4.78 is 27.2. The Morgan fingerprint density at radius 3 is 2.57 bits per heavy atom. The summed E-state index contributed by atoms with van der Waals surface area (Å²) in [5.41, 5.74) is 5.66. The predicted molar refractivity (Wildman–Crippen MR) is 78.7 cm³/mol. The summed E-state index contributed by atoms with van der Waals surface area (Å²) in [6.07, 6.45) is 3.33. The number of nitro groups is 1. The molecule has 7 nitrogen and oxygen atoms in total. The number of nitro benzene ring substituents is 1. The Labute approximate surface area is 127 Å². The lowest BCUT2D eigenvalue weighted by Gasteiger charge is -2.29. The third-order valence-electron chi connectivity index (χ3n) is 3.54. The van der Waals surface area contributed by atoms with Crippen LogP contribution < -0.4 is 10.5 Å². The first-order valence-corrected chi connectivity index (χ1v) is 8.39. The summed E-state index contributed by atoms with van der Waals surface area (Å²) in [7, 11) is -3.85. The largest absolute Gasteiger partial charge is 0.326 e. The van der Waals surface area contributed by atoms with Crippen LogP contribution in [-0.4, -0.2) is 25.4 Å². The van der Waals surface area contributed by atoms with Gasteiger partial charge in [0.25, 0.3) is 5.69 Å². The minimum atomic E-state index is -3.85. The molecule has 1 saturated carbocycles. The number of rotatable bonds is 4. The standard InChI is InChI=1S/C12H16ClN3O4S/c13-9-7-8(16(17)18)5-6-12(9)21(19,20)15-11-4-2-1-3-10(11)14/h5-7,10-11,15H,1-4,14H2. The minimum absolute atomic E-state index is 0.174. The van der Waals surface area contributed by atoms with Crippen LogP contribution in [0.4, 0.5) is 5.69 Å². The van der Waals surface area contributed by atoms with E-state index in [0.29, 0.717) is 6.42 Å². The van der Waals surface area contributed by atoms with E-state index in [1.807, 2.05) is 0 Å². The number of sulfonamides is 1. The van der Waals surface area contributed by atoms with Gasteiger partial charge in [-0.25, -0.2) is 13.1 Å². The van der Waals surface area contributed by atoms with Crippen LogP contribution in [0.25, 0.3) is 0 Å². The fraction of sp³-hybridized carbons (Fsp3) is 0.500. The maximum Gasteiger partial charge on any atom is 0.271 e. The zero-order valence-electron chi connectivity index (χ0n) is 11.2. The zero-order chi connectivity index (χ0) is 15.6. The lowest BCUT2D eigenvalue weighted by Crippen LogP contribution is -2.49. The lowest BCUT2D eigenvalue weighted by atomic mass is 9.92. The van der Waals surface area contributed by atoms with Crippen molar-refractivity contribution in [2.45, 2.75) is 42.7 Å². The highest BCUT2D eigenvalue weighted by Crippen LogP contribution is 2.27. The molecule has 0 spiro atoms. The van der Waals surface area contributed by atoms with Crippen LogP contribution in [0.2, 0.25) is 5.02 Å². The highest BCUT2D eigenvalue weighted by molar-refractivity contribution is 7.89. The van der Waals surface area contributed by atoms with Crippen molar-refractivity contribution in [2.24, 2.45) is 5.73 Å². The maximum absolute atomic E-state index is 12.3. The summed E-state index contributed by atoms with van der Waals surface area (Å²) in [6, 6.07) is 2.70. The van der Waals surface area contributed by atoms with E-state index in [0.717, 1.165) is 37.5 Å². The van der Waals surface area contributed by atoms with Gasteiger partial charge in [0.2, 0.25) is 10.0 Å². The first-order chi connectivity index (χ1) is 9.81. The molecule has 1 fully saturated rings.